The van der Waals surface area contributed by atoms with Crippen LogP contribution in [0.5, 0.6) is 0 Å². The highest BCUT2D eigenvalue weighted by molar-refractivity contribution is 6.18. The molecule has 0 aromatic rings. The van der Waals surface area contributed by atoms with Crippen molar-refractivity contribution >= 4 is 11.6 Å². The Morgan fingerprint density at radius 2 is 2.07 bits per heavy atom. The Morgan fingerprint density at radius 3 is 2.67 bits per heavy atom. The standard InChI is InChI=1S/C13H23ClO/c1-2-11(10-14)9-12-5-8-13(15-12)6-3-4-7-13/h11-12H,2-10H2,1H3. The largest absolute Gasteiger partial charge is 0.372 e. The van der Waals surface area contributed by atoms with Crippen molar-refractivity contribution in [1.29, 1.82) is 0 Å². The molecule has 15 heavy (non-hydrogen) atoms. The van der Waals surface area contributed by atoms with Crippen molar-refractivity contribution in [3.63, 3.8) is 0 Å². The van der Waals surface area contributed by atoms with Crippen LogP contribution < -0.4 is 0 Å². The molecule has 1 heterocycles. The molecule has 1 aliphatic heterocycles. The first-order chi connectivity index (χ1) is 7.28. The molecule has 1 saturated carbocycles. The molecule has 2 rings (SSSR count). The number of alkyl halides is 1. The molecule has 0 radical (unpaired) electrons. The number of ether oxygens (including phenoxy) is 1. The van der Waals surface area contributed by atoms with Crippen LogP contribution in [-0.4, -0.2) is 17.6 Å². The fraction of sp³-hybridized carbons (Fsp3) is 1.00. The minimum Gasteiger partial charge on any atom is -0.372 e. The van der Waals surface area contributed by atoms with Gasteiger partial charge >= 0.3 is 0 Å². The minimum atomic E-state index is 0.301. The zero-order valence-electron chi connectivity index (χ0n) is 9.80. The van der Waals surface area contributed by atoms with E-state index >= 15 is 0 Å². The SMILES string of the molecule is CCC(CCl)CC1CCC2(CCCC2)O1. The first kappa shape index (κ1) is 11.7. The Hall–Kier alpha value is 0.250. The summed E-state index contributed by atoms with van der Waals surface area (Å²) in [5.74, 6) is 1.46. The molecular weight excluding hydrogens is 208 g/mol. The van der Waals surface area contributed by atoms with Gasteiger partial charge in [-0.15, -0.1) is 11.6 Å². The molecule has 0 aromatic carbocycles. The average molecular weight is 231 g/mol. The second-order valence-electron chi connectivity index (χ2n) is 5.33. The maximum absolute atomic E-state index is 6.29. The molecule has 1 saturated heterocycles. The summed E-state index contributed by atoms with van der Waals surface area (Å²) in [4.78, 5) is 0. The molecular formula is C13H23ClO. The second-order valence-corrected chi connectivity index (χ2v) is 5.64. The Labute approximate surface area is 98.5 Å². The van der Waals surface area contributed by atoms with E-state index in [0.29, 0.717) is 17.6 Å². The van der Waals surface area contributed by atoms with Crippen molar-refractivity contribution in [3.8, 4) is 0 Å². The summed E-state index contributed by atoms with van der Waals surface area (Å²) in [6, 6.07) is 0. The molecule has 0 bridgehead atoms. The Morgan fingerprint density at radius 1 is 1.33 bits per heavy atom. The van der Waals surface area contributed by atoms with Crippen LogP contribution in [0.1, 0.15) is 58.3 Å². The van der Waals surface area contributed by atoms with Crippen LogP contribution in [0.15, 0.2) is 0 Å². The first-order valence-electron chi connectivity index (χ1n) is 6.52. The molecule has 2 aliphatic rings. The van der Waals surface area contributed by atoms with Gasteiger partial charge in [0.05, 0.1) is 11.7 Å². The number of rotatable bonds is 4. The van der Waals surface area contributed by atoms with E-state index in [-0.39, 0.29) is 0 Å². The zero-order valence-corrected chi connectivity index (χ0v) is 10.6. The fourth-order valence-corrected chi connectivity index (χ4v) is 3.50. The molecule has 1 aliphatic carbocycles. The Kier molecular flexibility index (Phi) is 3.95. The summed E-state index contributed by atoms with van der Waals surface area (Å²) in [5.41, 5.74) is 0.301. The van der Waals surface area contributed by atoms with Crippen LogP contribution in [0.25, 0.3) is 0 Å². The number of hydrogen-bond acceptors (Lipinski definition) is 1. The lowest BCUT2D eigenvalue weighted by Crippen LogP contribution is -2.25. The van der Waals surface area contributed by atoms with Crippen molar-refractivity contribution in [1.82, 2.24) is 0 Å². The van der Waals surface area contributed by atoms with Gasteiger partial charge < -0.3 is 4.74 Å². The van der Waals surface area contributed by atoms with Gasteiger partial charge in [0.15, 0.2) is 0 Å². The van der Waals surface area contributed by atoms with Crippen LogP contribution in [0.4, 0.5) is 0 Å². The van der Waals surface area contributed by atoms with E-state index < -0.39 is 0 Å². The third-order valence-electron chi connectivity index (χ3n) is 4.25. The molecule has 0 N–H and O–H groups in total. The summed E-state index contributed by atoms with van der Waals surface area (Å²) < 4.78 is 6.29. The van der Waals surface area contributed by atoms with Crippen molar-refractivity contribution in [2.45, 2.75) is 70.0 Å². The minimum absolute atomic E-state index is 0.301. The Bertz CT molecular complexity index is 195. The highest BCUT2D eigenvalue weighted by atomic mass is 35.5. The predicted octanol–water partition coefficient (Wildman–Crippen LogP) is 4.13. The van der Waals surface area contributed by atoms with Crippen molar-refractivity contribution in [2.24, 2.45) is 5.92 Å². The third kappa shape index (κ3) is 2.68. The van der Waals surface area contributed by atoms with Gasteiger partial charge in [-0.05, 0) is 38.0 Å². The molecule has 0 aromatic heterocycles. The van der Waals surface area contributed by atoms with E-state index in [9.17, 15) is 0 Å². The number of halogens is 1. The normalized spacial score (nSPS) is 31.2. The molecule has 88 valence electrons. The molecule has 2 atom stereocenters. The van der Waals surface area contributed by atoms with Gasteiger partial charge in [-0.2, -0.15) is 0 Å². The van der Waals surface area contributed by atoms with E-state index in [1.807, 2.05) is 0 Å². The third-order valence-corrected chi connectivity index (χ3v) is 4.68. The summed E-state index contributed by atoms with van der Waals surface area (Å²) >= 11 is 5.94. The molecule has 1 spiro atoms. The molecule has 2 fully saturated rings. The lowest BCUT2D eigenvalue weighted by atomic mass is 9.96. The summed E-state index contributed by atoms with van der Waals surface area (Å²) in [6.07, 6.45) is 10.8. The Balaban J connectivity index is 1.81. The van der Waals surface area contributed by atoms with E-state index in [1.54, 1.807) is 0 Å². The van der Waals surface area contributed by atoms with E-state index in [4.69, 9.17) is 16.3 Å². The topological polar surface area (TPSA) is 9.23 Å². The van der Waals surface area contributed by atoms with E-state index in [2.05, 4.69) is 6.92 Å². The average Bonchev–Trinajstić information content (AvgIpc) is 2.87. The summed E-state index contributed by atoms with van der Waals surface area (Å²) in [6.45, 7) is 2.23. The van der Waals surface area contributed by atoms with Gasteiger partial charge in [0, 0.05) is 5.88 Å². The second kappa shape index (κ2) is 5.05. The van der Waals surface area contributed by atoms with Gasteiger partial charge in [-0.3, -0.25) is 0 Å². The molecule has 0 amide bonds. The van der Waals surface area contributed by atoms with Crippen LogP contribution >= 0.6 is 11.6 Å². The molecule has 2 unspecified atom stereocenters. The maximum Gasteiger partial charge on any atom is 0.0687 e. The zero-order chi connectivity index (χ0) is 10.7. The van der Waals surface area contributed by atoms with Crippen molar-refractivity contribution in [2.75, 3.05) is 5.88 Å². The van der Waals surface area contributed by atoms with E-state index in [0.717, 1.165) is 5.88 Å². The highest BCUT2D eigenvalue weighted by Crippen LogP contribution is 2.44. The van der Waals surface area contributed by atoms with Crippen LogP contribution in [-0.2, 0) is 4.74 Å². The highest BCUT2D eigenvalue weighted by Gasteiger charge is 2.42. The van der Waals surface area contributed by atoms with Crippen molar-refractivity contribution in [3.05, 3.63) is 0 Å². The fourth-order valence-electron chi connectivity index (χ4n) is 3.16. The molecule has 1 nitrogen and oxygen atoms in total. The maximum atomic E-state index is 6.29. The smallest absolute Gasteiger partial charge is 0.0687 e. The van der Waals surface area contributed by atoms with Gasteiger partial charge in [-0.1, -0.05) is 26.2 Å². The number of hydrogen-bond donors (Lipinski definition) is 0. The van der Waals surface area contributed by atoms with Gasteiger partial charge in [0.2, 0.25) is 0 Å². The van der Waals surface area contributed by atoms with Gasteiger partial charge in [0.25, 0.3) is 0 Å². The lowest BCUT2D eigenvalue weighted by molar-refractivity contribution is -0.0434. The summed E-state index contributed by atoms with van der Waals surface area (Å²) in [5, 5.41) is 0. The van der Waals surface area contributed by atoms with E-state index in [1.165, 1.54) is 51.4 Å². The van der Waals surface area contributed by atoms with Gasteiger partial charge in [0.1, 0.15) is 0 Å². The first-order valence-corrected chi connectivity index (χ1v) is 7.05. The van der Waals surface area contributed by atoms with Crippen molar-refractivity contribution < 1.29 is 4.74 Å². The van der Waals surface area contributed by atoms with Crippen LogP contribution in [0, 0.1) is 5.92 Å². The summed E-state index contributed by atoms with van der Waals surface area (Å²) in [7, 11) is 0. The van der Waals surface area contributed by atoms with Gasteiger partial charge in [-0.25, -0.2) is 0 Å². The monoisotopic (exact) mass is 230 g/mol. The molecule has 2 heteroatoms. The van der Waals surface area contributed by atoms with Crippen LogP contribution in [0.3, 0.4) is 0 Å². The quantitative estimate of drug-likeness (QED) is 0.660. The van der Waals surface area contributed by atoms with Crippen LogP contribution in [0.2, 0.25) is 0 Å². The predicted molar refractivity (Wildman–Crippen MR) is 64.4 cm³/mol. The lowest BCUT2D eigenvalue weighted by Gasteiger charge is -2.25.